The fourth-order valence-corrected chi connectivity index (χ4v) is 2.44. The second-order valence-corrected chi connectivity index (χ2v) is 5.71. The van der Waals surface area contributed by atoms with Crippen LogP contribution in [0.5, 0.6) is 0 Å². The van der Waals surface area contributed by atoms with Gasteiger partial charge in [0.1, 0.15) is 18.3 Å². The van der Waals surface area contributed by atoms with Crippen molar-refractivity contribution in [2.75, 3.05) is 11.9 Å². The van der Waals surface area contributed by atoms with E-state index < -0.39 is 45.7 Å². The number of nitrogens with one attached hydrogen (secondary N) is 2. The molecule has 0 saturated heterocycles. The van der Waals surface area contributed by atoms with Crippen LogP contribution >= 0.6 is 0 Å². The number of aliphatic carboxylic acids is 1. The molecule has 3 N–H and O–H groups in total. The highest BCUT2D eigenvalue weighted by atomic mass is 16.6. The number of carboxylic acids is 1. The third-order valence-corrected chi connectivity index (χ3v) is 3.73. The minimum Gasteiger partial charge on any atom is -0.480 e. The normalized spacial score (nSPS) is 11.3. The molecule has 2 aromatic rings. The average Bonchev–Trinajstić information content (AvgIpc) is 2.66. The number of benzene rings is 2. The van der Waals surface area contributed by atoms with Crippen LogP contribution in [0.15, 0.2) is 48.5 Å². The molecule has 28 heavy (non-hydrogen) atoms. The molecule has 0 bridgehead atoms. The summed E-state index contributed by atoms with van der Waals surface area (Å²) in [5, 5.41) is 35.8. The number of nitro groups is 2. The lowest BCUT2D eigenvalue weighted by atomic mass is 10.0. The van der Waals surface area contributed by atoms with Gasteiger partial charge in [0.15, 0.2) is 0 Å². The van der Waals surface area contributed by atoms with Crippen LogP contribution in [0.25, 0.3) is 0 Å². The molecule has 1 amide bonds. The van der Waals surface area contributed by atoms with E-state index in [0.29, 0.717) is 0 Å². The van der Waals surface area contributed by atoms with Crippen molar-refractivity contribution in [3.63, 3.8) is 0 Å². The molecule has 0 heterocycles. The molecule has 11 nitrogen and oxygen atoms in total. The third-order valence-electron chi connectivity index (χ3n) is 3.73. The zero-order valence-corrected chi connectivity index (χ0v) is 14.4. The van der Waals surface area contributed by atoms with Crippen molar-refractivity contribution in [3.8, 4) is 0 Å². The van der Waals surface area contributed by atoms with E-state index in [0.717, 1.165) is 23.8 Å². The summed E-state index contributed by atoms with van der Waals surface area (Å²) < 4.78 is 0. The van der Waals surface area contributed by atoms with Gasteiger partial charge in [-0.3, -0.25) is 29.8 Å². The molecule has 1 atom stereocenters. The van der Waals surface area contributed by atoms with Gasteiger partial charge < -0.3 is 15.7 Å². The molecule has 0 aliphatic carbocycles. The number of hydrogen-bond acceptors (Lipinski definition) is 7. The lowest BCUT2D eigenvalue weighted by Gasteiger charge is -2.19. The number of carboxylic acid groups (broad SMARTS) is 1. The first-order valence-corrected chi connectivity index (χ1v) is 8.00. The lowest BCUT2D eigenvalue weighted by Crippen LogP contribution is -2.43. The highest BCUT2D eigenvalue weighted by Gasteiger charge is 2.25. The number of nitro benzene ring substituents is 2. The quantitative estimate of drug-likeness (QED) is 0.431. The van der Waals surface area contributed by atoms with Gasteiger partial charge in [-0.1, -0.05) is 30.3 Å². The predicted octanol–water partition coefficient (Wildman–Crippen LogP) is 1.73. The molecular formula is C17H16N4O7. The Kier molecular flexibility index (Phi) is 6.58. The summed E-state index contributed by atoms with van der Waals surface area (Å²) in [4.78, 5) is 43.7. The van der Waals surface area contributed by atoms with Crippen LogP contribution < -0.4 is 10.6 Å². The first-order chi connectivity index (χ1) is 13.3. The van der Waals surface area contributed by atoms with Crippen LogP contribution in [-0.4, -0.2) is 39.4 Å². The fourth-order valence-electron chi connectivity index (χ4n) is 2.44. The van der Waals surface area contributed by atoms with E-state index in [2.05, 4.69) is 10.6 Å². The van der Waals surface area contributed by atoms with Crippen LogP contribution in [0.4, 0.5) is 17.1 Å². The van der Waals surface area contributed by atoms with Crippen molar-refractivity contribution >= 4 is 28.9 Å². The monoisotopic (exact) mass is 388 g/mol. The summed E-state index contributed by atoms with van der Waals surface area (Å²) in [5.74, 6) is -1.92. The summed E-state index contributed by atoms with van der Waals surface area (Å²) >= 11 is 0. The second kappa shape index (κ2) is 9.07. The third kappa shape index (κ3) is 5.49. The number of amides is 1. The molecule has 0 unspecified atom stereocenters. The Bertz CT molecular complexity index is 902. The zero-order chi connectivity index (χ0) is 20.7. The highest BCUT2D eigenvalue weighted by molar-refractivity contribution is 5.88. The van der Waals surface area contributed by atoms with Gasteiger partial charge in [0, 0.05) is 12.5 Å². The van der Waals surface area contributed by atoms with Crippen molar-refractivity contribution in [1.82, 2.24) is 5.32 Å². The van der Waals surface area contributed by atoms with E-state index in [9.17, 15) is 29.8 Å². The molecule has 0 radical (unpaired) electrons. The Morgan fingerprint density at radius 2 is 1.71 bits per heavy atom. The lowest BCUT2D eigenvalue weighted by molar-refractivity contribution is -0.393. The molecule has 0 fully saturated rings. The van der Waals surface area contributed by atoms with Crippen LogP contribution in [0.2, 0.25) is 0 Å². The highest BCUT2D eigenvalue weighted by Crippen LogP contribution is 2.29. The molecule has 0 aromatic heterocycles. The van der Waals surface area contributed by atoms with Crippen molar-refractivity contribution in [2.45, 2.75) is 12.5 Å². The minimum absolute atomic E-state index is 0.0954. The minimum atomic E-state index is -1.24. The summed E-state index contributed by atoms with van der Waals surface area (Å²) in [6, 6.07) is 10.7. The fraction of sp³-hybridized carbons (Fsp3) is 0.176. The van der Waals surface area contributed by atoms with Gasteiger partial charge in [-0.15, -0.1) is 0 Å². The summed E-state index contributed by atoms with van der Waals surface area (Å²) in [7, 11) is 0. The van der Waals surface area contributed by atoms with Crippen LogP contribution in [0.3, 0.4) is 0 Å². The molecule has 2 rings (SSSR count). The number of hydrogen-bond donors (Lipinski definition) is 3. The Morgan fingerprint density at radius 1 is 1.04 bits per heavy atom. The molecule has 0 saturated carbocycles. The summed E-state index contributed by atoms with van der Waals surface area (Å²) in [6.07, 6.45) is 0.112. The number of carbonyl (C=O) groups excluding carboxylic acids is 1. The van der Waals surface area contributed by atoms with Crippen LogP contribution in [-0.2, 0) is 16.0 Å². The molecule has 0 spiro atoms. The van der Waals surface area contributed by atoms with Gasteiger partial charge >= 0.3 is 5.97 Å². The van der Waals surface area contributed by atoms with Gasteiger partial charge in [-0.25, -0.2) is 0 Å². The number of non-ortho nitro benzene ring substituents is 1. The van der Waals surface area contributed by atoms with E-state index in [1.165, 1.54) is 0 Å². The second-order valence-electron chi connectivity index (χ2n) is 5.71. The van der Waals surface area contributed by atoms with Crippen molar-refractivity contribution in [3.05, 3.63) is 74.3 Å². The largest absolute Gasteiger partial charge is 0.480 e. The van der Waals surface area contributed by atoms with E-state index >= 15 is 0 Å². The van der Waals surface area contributed by atoms with Gasteiger partial charge in [0.2, 0.25) is 5.91 Å². The first-order valence-electron chi connectivity index (χ1n) is 8.00. The smallest absolute Gasteiger partial charge is 0.322 e. The van der Waals surface area contributed by atoms with E-state index in [1.807, 2.05) is 0 Å². The summed E-state index contributed by atoms with van der Waals surface area (Å²) in [5.41, 5.74) is -0.400. The van der Waals surface area contributed by atoms with E-state index in [4.69, 9.17) is 5.11 Å². The van der Waals surface area contributed by atoms with Gasteiger partial charge in [-0.2, -0.15) is 0 Å². The maximum Gasteiger partial charge on any atom is 0.322 e. The van der Waals surface area contributed by atoms with Crippen LogP contribution in [0, 0.1) is 20.2 Å². The number of carbonyl (C=O) groups is 2. The standard InChI is InChI=1S/C17H16N4O7/c22-16(23)10-18-17(24)14(8-11-4-2-1-3-5-11)19-13-7-6-12(20(25)26)9-15(13)21(27)28/h1-7,9,14,19H,8,10H2,(H,18,24)(H,22,23)/t14-/m0/s1. The first kappa shape index (κ1) is 20.3. The maximum atomic E-state index is 12.4. The number of anilines is 1. The Labute approximate surface area is 158 Å². The molecule has 146 valence electrons. The molecular weight excluding hydrogens is 372 g/mol. The zero-order valence-electron chi connectivity index (χ0n) is 14.4. The molecule has 0 aliphatic rings. The van der Waals surface area contributed by atoms with Crippen molar-refractivity contribution in [1.29, 1.82) is 0 Å². The number of rotatable bonds is 9. The molecule has 11 heteroatoms. The van der Waals surface area contributed by atoms with Crippen molar-refractivity contribution in [2.24, 2.45) is 0 Å². The van der Waals surface area contributed by atoms with Crippen molar-refractivity contribution < 1.29 is 24.5 Å². The Hall–Kier alpha value is -4.02. The average molecular weight is 388 g/mol. The van der Waals surface area contributed by atoms with Gasteiger partial charge in [-0.05, 0) is 11.6 Å². The Morgan fingerprint density at radius 3 is 2.29 bits per heavy atom. The van der Waals surface area contributed by atoms with E-state index in [1.54, 1.807) is 30.3 Å². The summed E-state index contributed by atoms with van der Waals surface area (Å²) in [6.45, 7) is -0.617. The van der Waals surface area contributed by atoms with Gasteiger partial charge in [0.05, 0.1) is 15.9 Å². The van der Waals surface area contributed by atoms with Gasteiger partial charge in [0.25, 0.3) is 11.4 Å². The Balaban J connectivity index is 2.33. The molecule has 0 aliphatic heterocycles. The molecule has 2 aromatic carbocycles. The topological polar surface area (TPSA) is 165 Å². The maximum absolute atomic E-state index is 12.4. The predicted molar refractivity (Wildman–Crippen MR) is 98.0 cm³/mol. The van der Waals surface area contributed by atoms with E-state index in [-0.39, 0.29) is 12.1 Å². The SMILES string of the molecule is O=C(O)CNC(=O)[C@H](Cc1ccccc1)Nc1ccc([N+](=O)[O-])cc1[N+](=O)[O-]. The number of nitrogens with zero attached hydrogens (tertiary/aromatic N) is 2. The van der Waals surface area contributed by atoms with Crippen LogP contribution in [0.1, 0.15) is 5.56 Å².